The smallest absolute Gasteiger partial charge is 0.335 e. The Bertz CT molecular complexity index is 782. The monoisotopic (exact) mass is 301 g/mol. The van der Waals surface area contributed by atoms with Crippen LogP contribution in [0.25, 0.3) is 23.0 Å². The topological polar surface area (TPSA) is 89.1 Å². The molecule has 0 fully saturated rings. The molecule has 6 nitrogen and oxygen atoms in total. The molecule has 0 bridgehead atoms. The second-order valence-corrected chi connectivity index (χ2v) is 4.60. The summed E-state index contributed by atoms with van der Waals surface area (Å²) in [7, 11) is 0. The third kappa shape index (κ3) is 2.75. The second kappa shape index (κ2) is 5.34. The number of pyridine rings is 1. The number of hydrogen-bond donors (Lipinski definition) is 1. The van der Waals surface area contributed by atoms with Gasteiger partial charge in [0.05, 0.1) is 10.6 Å². The quantitative estimate of drug-likeness (QED) is 0.799. The van der Waals surface area contributed by atoms with Gasteiger partial charge in [-0.25, -0.2) is 9.78 Å². The Balaban J connectivity index is 1.90. The van der Waals surface area contributed by atoms with Gasteiger partial charge in [-0.05, 0) is 24.3 Å². The summed E-state index contributed by atoms with van der Waals surface area (Å²) < 4.78 is 5.14. The highest BCUT2D eigenvalue weighted by atomic mass is 35.5. The molecule has 1 aromatic carbocycles. The highest BCUT2D eigenvalue weighted by Gasteiger charge is 2.12. The predicted octanol–water partition coefficient (Wildman–Crippen LogP) is 3.15. The molecule has 0 saturated heterocycles. The van der Waals surface area contributed by atoms with Gasteiger partial charge in [-0.1, -0.05) is 28.9 Å². The number of benzene rings is 1. The Kier molecular flexibility index (Phi) is 3.37. The van der Waals surface area contributed by atoms with Gasteiger partial charge in [-0.2, -0.15) is 4.98 Å². The Morgan fingerprint density at radius 2 is 1.90 bits per heavy atom. The van der Waals surface area contributed by atoms with E-state index >= 15 is 0 Å². The number of aromatic carboxylic acids is 1. The van der Waals surface area contributed by atoms with Crippen molar-refractivity contribution in [2.24, 2.45) is 0 Å². The van der Waals surface area contributed by atoms with Gasteiger partial charge in [0.25, 0.3) is 5.89 Å². The number of carbonyl (C=O) groups is 1. The Labute approximate surface area is 124 Å². The molecular formula is C14H8ClN3O3. The number of hydrogen-bond acceptors (Lipinski definition) is 5. The average Bonchev–Trinajstić information content (AvgIpc) is 2.98. The third-order valence-corrected chi connectivity index (χ3v) is 2.99. The molecular weight excluding hydrogens is 294 g/mol. The first-order valence-corrected chi connectivity index (χ1v) is 6.30. The van der Waals surface area contributed by atoms with Crippen molar-refractivity contribution in [2.45, 2.75) is 0 Å². The minimum Gasteiger partial charge on any atom is -0.478 e. The van der Waals surface area contributed by atoms with Gasteiger partial charge >= 0.3 is 5.97 Å². The number of aromatic nitrogens is 3. The SMILES string of the molecule is O=C(O)c1ccc(-c2noc(-c3ccc(Cl)cn3)n2)cc1. The molecule has 0 aliphatic carbocycles. The molecule has 0 radical (unpaired) electrons. The molecule has 0 aliphatic rings. The standard InChI is InChI=1S/C14H8ClN3O3/c15-10-5-6-11(16-7-10)13-17-12(18-21-13)8-1-3-9(4-2-8)14(19)20/h1-7H,(H,19,20). The van der Waals surface area contributed by atoms with Crippen molar-refractivity contribution in [3.63, 3.8) is 0 Å². The molecule has 0 saturated carbocycles. The Morgan fingerprint density at radius 3 is 2.52 bits per heavy atom. The molecule has 0 atom stereocenters. The van der Waals surface area contributed by atoms with Crippen molar-refractivity contribution >= 4 is 17.6 Å². The summed E-state index contributed by atoms with van der Waals surface area (Å²) >= 11 is 5.76. The van der Waals surface area contributed by atoms with Crippen LogP contribution in [0.1, 0.15) is 10.4 Å². The van der Waals surface area contributed by atoms with E-state index in [0.717, 1.165) is 0 Å². The number of carboxylic acids is 1. The van der Waals surface area contributed by atoms with E-state index in [0.29, 0.717) is 22.1 Å². The normalized spacial score (nSPS) is 10.5. The van der Waals surface area contributed by atoms with Crippen LogP contribution in [0, 0.1) is 0 Å². The van der Waals surface area contributed by atoms with Crippen LogP contribution < -0.4 is 0 Å². The fraction of sp³-hybridized carbons (Fsp3) is 0. The molecule has 0 unspecified atom stereocenters. The number of rotatable bonds is 3. The van der Waals surface area contributed by atoms with E-state index in [2.05, 4.69) is 15.1 Å². The van der Waals surface area contributed by atoms with Crippen molar-refractivity contribution in [3.05, 3.63) is 53.2 Å². The average molecular weight is 302 g/mol. The van der Waals surface area contributed by atoms with Crippen molar-refractivity contribution in [2.75, 3.05) is 0 Å². The molecule has 0 spiro atoms. The van der Waals surface area contributed by atoms with Crippen molar-refractivity contribution in [1.29, 1.82) is 0 Å². The molecule has 0 aliphatic heterocycles. The largest absolute Gasteiger partial charge is 0.478 e. The van der Waals surface area contributed by atoms with Crippen LogP contribution in [0.4, 0.5) is 0 Å². The molecule has 3 aromatic rings. The maximum absolute atomic E-state index is 10.8. The summed E-state index contributed by atoms with van der Waals surface area (Å²) in [5.41, 5.74) is 1.37. The minimum atomic E-state index is -0.985. The first-order valence-electron chi connectivity index (χ1n) is 5.93. The molecule has 3 rings (SSSR count). The fourth-order valence-electron chi connectivity index (χ4n) is 1.71. The number of halogens is 1. The molecule has 21 heavy (non-hydrogen) atoms. The number of nitrogens with zero attached hydrogens (tertiary/aromatic N) is 3. The van der Waals surface area contributed by atoms with E-state index in [1.165, 1.54) is 18.3 Å². The Hall–Kier alpha value is -2.73. The van der Waals surface area contributed by atoms with Crippen molar-refractivity contribution in [3.8, 4) is 23.0 Å². The summed E-state index contributed by atoms with van der Waals surface area (Å²) in [6.07, 6.45) is 1.49. The highest BCUT2D eigenvalue weighted by molar-refractivity contribution is 6.30. The summed E-state index contributed by atoms with van der Waals surface area (Å²) in [5, 5.41) is 13.2. The van der Waals surface area contributed by atoms with E-state index in [1.54, 1.807) is 24.3 Å². The van der Waals surface area contributed by atoms with Crippen LogP contribution in [0.15, 0.2) is 47.1 Å². The van der Waals surface area contributed by atoms with Gasteiger partial charge < -0.3 is 9.63 Å². The molecule has 7 heteroatoms. The van der Waals surface area contributed by atoms with E-state index in [-0.39, 0.29) is 11.5 Å². The lowest BCUT2D eigenvalue weighted by Gasteiger charge is -1.96. The van der Waals surface area contributed by atoms with Crippen LogP contribution in [-0.2, 0) is 0 Å². The van der Waals surface area contributed by atoms with Crippen molar-refractivity contribution < 1.29 is 14.4 Å². The minimum absolute atomic E-state index is 0.196. The lowest BCUT2D eigenvalue weighted by atomic mass is 10.1. The van der Waals surface area contributed by atoms with E-state index in [1.807, 2.05) is 0 Å². The van der Waals surface area contributed by atoms with Crippen LogP contribution in [-0.4, -0.2) is 26.2 Å². The summed E-state index contributed by atoms with van der Waals surface area (Å²) in [6, 6.07) is 9.55. The van der Waals surface area contributed by atoms with Gasteiger partial charge in [-0.3, -0.25) is 0 Å². The molecule has 2 heterocycles. The summed E-state index contributed by atoms with van der Waals surface area (Å²) in [6.45, 7) is 0. The zero-order chi connectivity index (χ0) is 14.8. The highest BCUT2D eigenvalue weighted by Crippen LogP contribution is 2.22. The van der Waals surface area contributed by atoms with E-state index in [9.17, 15) is 4.79 Å². The van der Waals surface area contributed by atoms with Crippen LogP contribution in [0.5, 0.6) is 0 Å². The maximum Gasteiger partial charge on any atom is 0.335 e. The van der Waals surface area contributed by atoms with Gasteiger partial charge in [0.1, 0.15) is 5.69 Å². The van der Waals surface area contributed by atoms with E-state index < -0.39 is 5.97 Å². The summed E-state index contributed by atoms with van der Waals surface area (Å²) in [4.78, 5) is 19.1. The van der Waals surface area contributed by atoms with Crippen LogP contribution in [0.2, 0.25) is 5.02 Å². The zero-order valence-corrected chi connectivity index (χ0v) is 11.3. The number of carboxylic acid groups (broad SMARTS) is 1. The first kappa shape index (κ1) is 13.3. The van der Waals surface area contributed by atoms with Crippen LogP contribution in [0.3, 0.4) is 0 Å². The Morgan fingerprint density at radius 1 is 1.14 bits per heavy atom. The van der Waals surface area contributed by atoms with Crippen LogP contribution >= 0.6 is 11.6 Å². The lowest BCUT2D eigenvalue weighted by molar-refractivity contribution is 0.0697. The third-order valence-electron chi connectivity index (χ3n) is 2.76. The molecule has 0 amide bonds. The zero-order valence-electron chi connectivity index (χ0n) is 10.5. The predicted molar refractivity (Wildman–Crippen MR) is 74.9 cm³/mol. The van der Waals surface area contributed by atoms with Crippen molar-refractivity contribution in [1.82, 2.24) is 15.1 Å². The van der Waals surface area contributed by atoms with Gasteiger partial charge in [-0.15, -0.1) is 0 Å². The summed E-state index contributed by atoms with van der Waals surface area (Å²) in [5.74, 6) is -0.358. The second-order valence-electron chi connectivity index (χ2n) is 4.17. The first-order chi connectivity index (χ1) is 10.1. The lowest BCUT2D eigenvalue weighted by Crippen LogP contribution is -1.95. The molecule has 1 N–H and O–H groups in total. The fourth-order valence-corrected chi connectivity index (χ4v) is 1.82. The maximum atomic E-state index is 10.8. The van der Waals surface area contributed by atoms with Gasteiger partial charge in [0, 0.05) is 11.8 Å². The van der Waals surface area contributed by atoms with Gasteiger partial charge in [0.2, 0.25) is 5.82 Å². The van der Waals surface area contributed by atoms with E-state index in [4.69, 9.17) is 21.2 Å². The molecule has 2 aromatic heterocycles. The molecule has 104 valence electrons. The van der Waals surface area contributed by atoms with Gasteiger partial charge in [0.15, 0.2) is 0 Å².